The molecule has 0 spiro atoms. The van der Waals surface area contributed by atoms with Crippen LogP contribution in [0.15, 0.2) is 0 Å². The van der Waals surface area contributed by atoms with Gasteiger partial charge in [-0.05, 0) is 12.8 Å². The summed E-state index contributed by atoms with van der Waals surface area (Å²) >= 11 is 5.46. The van der Waals surface area contributed by atoms with Crippen molar-refractivity contribution in [2.24, 2.45) is 0 Å². The Morgan fingerprint density at radius 2 is 2.00 bits per heavy atom. The second kappa shape index (κ2) is 4.96. The van der Waals surface area contributed by atoms with Crippen molar-refractivity contribution in [2.45, 2.75) is 44.4 Å². The van der Waals surface area contributed by atoms with Crippen molar-refractivity contribution in [1.82, 2.24) is 5.32 Å². The molecule has 2 nitrogen and oxygen atoms in total. The van der Waals surface area contributed by atoms with Crippen LogP contribution < -0.4 is 5.32 Å². The molecule has 1 fully saturated rings. The highest BCUT2D eigenvalue weighted by atomic mass is 35.5. The Morgan fingerprint density at radius 1 is 1.36 bits per heavy atom. The summed E-state index contributed by atoms with van der Waals surface area (Å²) in [5.74, 6) is 0.288. The van der Waals surface area contributed by atoms with Gasteiger partial charge >= 0.3 is 0 Å². The largest absolute Gasteiger partial charge is 0.377 e. The summed E-state index contributed by atoms with van der Waals surface area (Å²) in [6.07, 6.45) is 5.77. The number of hydrogen-bond acceptors (Lipinski definition) is 2. The third-order valence-corrected chi connectivity index (χ3v) is 2.47. The normalized spacial score (nSPS) is 23.5. The van der Waals surface area contributed by atoms with Crippen molar-refractivity contribution in [3.8, 4) is 0 Å². The maximum absolute atomic E-state index is 9.17. The molecule has 0 aromatic rings. The average molecular weight is 178 g/mol. The smallest absolute Gasteiger partial charge is 0.118 e. The molecular formula is C8H16ClNO. The van der Waals surface area contributed by atoms with E-state index in [1.807, 2.05) is 0 Å². The molecule has 0 radical (unpaired) electrons. The van der Waals surface area contributed by atoms with Crippen LogP contribution in [-0.2, 0) is 0 Å². The third kappa shape index (κ3) is 3.41. The van der Waals surface area contributed by atoms with E-state index in [4.69, 9.17) is 16.7 Å². The Balaban J connectivity index is 2.13. The molecule has 1 rings (SSSR count). The van der Waals surface area contributed by atoms with Gasteiger partial charge < -0.3 is 5.11 Å². The zero-order chi connectivity index (χ0) is 8.10. The minimum Gasteiger partial charge on any atom is -0.377 e. The second-order valence-electron chi connectivity index (χ2n) is 3.17. The lowest BCUT2D eigenvalue weighted by atomic mass is 9.95. The van der Waals surface area contributed by atoms with E-state index in [1.54, 1.807) is 0 Å². The van der Waals surface area contributed by atoms with Gasteiger partial charge in [0.15, 0.2) is 0 Å². The predicted molar refractivity (Wildman–Crippen MR) is 46.7 cm³/mol. The molecule has 1 unspecified atom stereocenters. The van der Waals surface area contributed by atoms with Crippen LogP contribution in [0.3, 0.4) is 0 Å². The van der Waals surface area contributed by atoms with Gasteiger partial charge in [-0.2, -0.15) is 0 Å². The van der Waals surface area contributed by atoms with Crippen molar-refractivity contribution in [2.75, 3.05) is 5.88 Å². The Morgan fingerprint density at radius 3 is 2.55 bits per heavy atom. The van der Waals surface area contributed by atoms with Gasteiger partial charge in [0.1, 0.15) is 6.23 Å². The molecule has 0 heterocycles. The van der Waals surface area contributed by atoms with Gasteiger partial charge in [-0.3, -0.25) is 5.32 Å². The lowest BCUT2D eigenvalue weighted by molar-refractivity contribution is 0.133. The number of nitrogens with one attached hydrogen (secondary N) is 1. The molecule has 3 heteroatoms. The highest BCUT2D eigenvalue weighted by Crippen LogP contribution is 2.17. The van der Waals surface area contributed by atoms with Gasteiger partial charge in [-0.1, -0.05) is 19.3 Å². The van der Waals surface area contributed by atoms with Crippen LogP contribution >= 0.6 is 11.6 Å². The van der Waals surface area contributed by atoms with Gasteiger partial charge in [-0.15, -0.1) is 11.6 Å². The first-order chi connectivity index (χ1) is 5.33. The minimum atomic E-state index is -0.514. The monoisotopic (exact) mass is 177 g/mol. The van der Waals surface area contributed by atoms with E-state index in [9.17, 15) is 0 Å². The van der Waals surface area contributed by atoms with Gasteiger partial charge in [0.05, 0.1) is 5.88 Å². The van der Waals surface area contributed by atoms with Crippen LogP contribution in [-0.4, -0.2) is 23.3 Å². The number of rotatable bonds is 3. The lowest BCUT2D eigenvalue weighted by Crippen LogP contribution is -2.40. The molecule has 1 saturated carbocycles. The molecule has 0 aromatic heterocycles. The highest BCUT2D eigenvalue weighted by molar-refractivity contribution is 6.18. The molecule has 2 N–H and O–H groups in total. The average Bonchev–Trinajstić information content (AvgIpc) is 2.06. The van der Waals surface area contributed by atoms with E-state index in [0.29, 0.717) is 6.04 Å². The van der Waals surface area contributed by atoms with E-state index < -0.39 is 6.23 Å². The summed E-state index contributed by atoms with van der Waals surface area (Å²) in [4.78, 5) is 0. The van der Waals surface area contributed by atoms with E-state index in [-0.39, 0.29) is 5.88 Å². The quantitative estimate of drug-likeness (QED) is 0.506. The fraction of sp³-hybridized carbons (Fsp3) is 1.00. The first-order valence-electron chi connectivity index (χ1n) is 4.33. The zero-order valence-corrected chi connectivity index (χ0v) is 7.48. The van der Waals surface area contributed by atoms with Crippen molar-refractivity contribution >= 4 is 11.6 Å². The van der Waals surface area contributed by atoms with Gasteiger partial charge in [0.25, 0.3) is 0 Å². The van der Waals surface area contributed by atoms with E-state index >= 15 is 0 Å². The maximum Gasteiger partial charge on any atom is 0.118 e. The minimum absolute atomic E-state index is 0.288. The molecule has 1 atom stereocenters. The molecule has 0 saturated heterocycles. The standard InChI is InChI=1S/C8H16ClNO/c9-6-8(11)10-7-4-2-1-3-5-7/h7-8,10-11H,1-6H2. The van der Waals surface area contributed by atoms with Crippen LogP contribution in [0, 0.1) is 0 Å². The Hall–Kier alpha value is 0.210. The Bertz CT molecular complexity index is 104. The number of hydrogen-bond donors (Lipinski definition) is 2. The van der Waals surface area contributed by atoms with Gasteiger partial charge in [-0.25, -0.2) is 0 Å². The zero-order valence-electron chi connectivity index (χ0n) is 6.72. The summed E-state index contributed by atoms with van der Waals surface area (Å²) in [5, 5.41) is 12.3. The van der Waals surface area contributed by atoms with Crippen LogP contribution in [0.1, 0.15) is 32.1 Å². The summed E-state index contributed by atoms with van der Waals surface area (Å²) in [7, 11) is 0. The fourth-order valence-electron chi connectivity index (χ4n) is 1.59. The Kier molecular flexibility index (Phi) is 4.20. The Labute approximate surface area is 72.9 Å². The van der Waals surface area contributed by atoms with Gasteiger partial charge in [0, 0.05) is 6.04 Å². The summed E-state index contributed by atoms with van der Waals surface area (Å²) in [5.41, 5.74) is 0. The molecule has 0 amide bonds. The third-order valence-electron chi connectivity index (χ3n) is 2.18. The van der Waals surface area contributed by atoms with Crippen molar-refractivity contribution in [3.63, 3.8) is 0 Å². The summed E-state index contributed by atoms with van der Waals surface area (Å²) in [6, 6.07) is 0.498. The molecular weight excluding hydrogens is 162 g/mol. The molecule has 1 aliphatic carbocycles. The van der Waals surface area contributed by atoms with Crippen molar-refractivity contribution in [3.05, 3.63) is 0 Å². The number of aliphatic hydroxyl groups excluding tert-OH is 1. The summed E-state index contributed by atoms with van der Waals surface area (Å²) < 4.78 is 0. The molecule has 11 heavy (non-hydrogen) atoms. The van der Waals surface area contributed by atoms with Crippen LogP contribution in [0.2, 0.25) is 0 Å². The van der Waals surface area contributed by atoms with Crippen molar-refractivity contribution < 1.29 is 5.11 Å². The van der Waals surface area contributed by atoms with Crippen LogP contribution in [0.4, 0.5) is 0 Å². The first kappa shape index (κ1) is 9.30. The van der Waals surface area contributed by atoms with E-state index in [0.717, 1.165) is 0 Å². The molecule has 66 valence electrons. The predicted octanol–water partition coefficient (Wildman–Crippen LogP) is 1.47. The maximum atomic E-state index is 9.17. The topological polar surface area (TPSA) is 32.3 Å². The van der Waals surface area contributed by atoms with Crippen molar-refractivity contribution in [1.29, 1.82) is 0 Å². The number of alkyl halides is 1. The van der Waals surface area contributed by atoms with Gasteiger partial charge in [0.2, 0.25) is 0 Å². The van der Waals surface area contributed by atoms with Crippen LogP contribution in [0.5, 0.6) is 0 Å². The molecule has 0 bridgehead atoms. The van der Waals surface area contributed by atoms with Crippen LogP contribution in [0.25, 0.3) is 0 Å². The highest BCUT2D eigenvalue weighted by Gasteiger charge is 2.15. The molecule has 1 aliphatic rings. The summed E-state index contributed by atoms with van der Waals surface area (Å²) in [6.45, 7) is 0. The van der Waals surface area contributed by atoms with E-state index in [1.165, 1.54) is 32.1 Å². The fourth-order valence-corrected chi connectivity index (χ4v) is 1.67. The SMILES string of the molecule is OC(CCl)NC1CCCCC1. The molecule has 0 aliphatic heterocycles. The van der Waals surface area contributed by atoms with E-state index in [2.05, 4.69) is 5.32 Å². The first-order valence-corrected chi connectivity index (χ1v) is 4.86. The number of aliphatic hydroxyl groups is 1. The number of halogens is 1. The second-order valence-corrected chi connectivity index (χ2v) is 3.48. The molecule has 0 aromatic carbocycles. The lowest BCUT2D eigenvalue weighted by Gasteiger charge is -2.24.